The van der Waals surface area contributed by atoms with Gasteiger partial charge in [0.1, 0.15) is 11.5 Å². The summed E-state index contributed by atoms with van der Waals surface area (Å²) in [5, 5.41) is 0. The second kappa shape index (κ2) is 7.62. The van der Waals surface area contributed by atoms with Gasteiger partial charge in [-0.3, -0.25) is 9.80 Å². The Morgan fingerprint density at radius 2 is 1.89 bits per heavy atom. The SMILES string of the molecule is COc1ccc(-c2nc(CN3CCN(C)C4(CCOCC4)C3)c(C)o2)cc1. The smallest absolute Gasteiger partial charge is 0.226 e. The average Bonchev–Trinajstić information content (AvgIpc) is 3.06. The number of methoxy groups -OCH3 is 1. The fourth-order valence-electron chi connectivity index (χ4n) is 4.21. The Morgan fingerprint density at radius 3 is 2.59 bits per heavy atom. The Kier molecular flexibility index (Phi) is 5.21. The van der Waals surface area contributed by atoms with Crippen molar-refractivity contribution < 1.29 is 13.9 Å². The third kappa shape index (κ3) is 3.74. The number of oxazole rings is 1. The molecule has 0 N–H and O–H groups in total. The minimum absolute atomic E-state index is 0.243. The highest BCUT2D eigenvalue weighted by atomic mass is 16.5. The van der Waals surface area contributed by atoms with Crippen LogP contribution in [0.5, 0.6) is 5.75 Å². The van der Waals surface area contributed by atoms with Crippen molar-refractivity contribution in [2.45, 2.75) is 31.8 Å². The first kappa shape index (κ1) is 18.5. The van der Waals surface area contributed by atoms with E-state index in [1.165, 1.54) is 0 Å². The van der Waals surface area contributed by atoms with E-state index in [0.717, 1.165) is 75.0 Å². The van der Waals surface area contributed by atoms with Gasteiger partial charge in [0.15, 0.2) is 0 Å². The molecule has 146 valence electrons. The summed E-state index contributed by atoms with van der Waals surface area (Å²) in [6.07, 6.45) is 2.21. The predicted octanol–water partition coefficient (Wildman–Crippen LogP) is 2.96. The standard InChI is InChI=1S/C21H29N3O3/c1-16-19(22-20(27-16)17-4-6-18(25-3)7-5-17)14-24-11-10-23(2)21(15-24)8-12-26-13-9-21/h4-7H,8-15H2,1-3H3. The highest BCUT2D eigenvalue weighted by molar-refractivity contribution is 5.55. The lowest BCUT2D eigenvalue weighted by molar-refractivity contribution is -0.0628. The maximum atomic E-state index is 5.96. The van der Waals surface area contributed by atoms with Crippen LogP contribution in [0.3, 0.4) is 0 Å². The number of aryl methyl sites for hydroxylation is 1. The van der Waals surface area contributed by atoms with E-state index in [1.54, 1.807) is 7.11 Å². The van der Waals surface area contributed by atoms with Crippen LogP contribution in [0.2, 0.25) is 0 Å². The molecule has 2 aliphatic rings. The number of piperazine rings is 1. The zero-order valence-corrected chi connectivity index (χ0v) is 16.5. The van der Waals surface area contributed by atoms with Gasteiger partial charge in [0.2, 0.25) is 5.89 Å². The molecule has 1 aromatic carbocycles. The van der Waals surface area contributed by atoms with Crippen LogP contribution in [0.4, 0.5) is 0 Å². The molecule has 0 unspecified atom stereocenters. The quantitative estimate of drug-likeness (QED) is 0.824. The van der Waals surface area contributed by atoms with Crippen molar-refractivity contribution in [1.82, 2.24) is 14.8 Å². The Bertz CT molecular complexity index is 765. The molecule has 0 radical (unpaired) electrons. The molecule has 0 atom stereocenters. The molecule has 1 aromatic heterocycles. The first-order chi connectivity index (χ1) is 13.1. The monoisotopic (exact) mass is 371 g/mol. The zero-order valence-electron chi connectivity index (χ0n) is 16.5. The number of ether oxygens (including phenoxy) is 2. The zero-order chi connectivity index (χ0) is 18.9. The molecular formula is C21H29N3O3. The minimum atomic E-state index is 0.243. The summed E-state index contributed by atoms with van der Waals surface area (Å²) in [5.74, 6) is 2.42. The minimum Gasteiger partial charge on any atom is -0.497 e. The van der Waals surface area contributed by atoms with Gasteiger partial charge in [0.25, 0.3) is 0 Å². The molecule has 0 amide bonds. The normalized spacial score (nSPS) is 20.9. The second-order valence-corrected chi connectivity index (χ2v) is 7.72. The molecule has 0 aliphatic carbocycles. The van der Waals surface area contributed by atoms with Crippen LogP contribution in [0.25, 0.3) is 11.5 Å². The van der Waals surface area contributed by atoms with Crippen molar-refractivity contribution in [2.75, 3.05) is 47.0 Å². The fourth-order valence-corrected chi connectivity index (χ4v) is 4.21. The molecule has 3 heterocycles. The molecule has 2 saturated heterocycles. The first-order valence-electron chi connectivity index (χ1n) is 9.72. The van der Waals surface area contributed by atoms with Gasteiger partial charge in [-0.15, -0.1) is 0 Å². The Balaban J connectivity index is 1.48. The molecule has 2 fully saturated rings. The topological polar surface area (TPSA) is 51.0 Å². The molecule has 4 rings (SSSR count). The molecule has 2 aliphatic heterocycles. The number of hydrogen-bond acceptors (Lipinski definition) is 6. The number of hydrogen-bond donors (Lipinski definition) is 0. The summed E-state index contributed by atoms with van der Waals surface area (Å²) >= 11 is 0. The van der Waals surface area contributed by atoms with Crippen LogP contribution in [-0.4, -0.2) is 67.3 Å². The molecule has 2 aromatic rings. The maximum Gasteiger partial charge on any atom is 0.226 e. The molecule has 6 heteroatoms. The number of likely N-dealkylation sites (N-methyl/N-ethyl adjacent to an activating group) is 1. The van der Waals surface area contributed by atoms with Crippen LogP contribution >= 0.6 is 0 Å². The predicted molar refractivity (Wildman–Crippen MR) is 104 cm³/mol. The van der Waals surface area contributed by atoms with Crippen LogP contribution in [0.15, 0.2) is 28.7 Å². The molecule has 0 saturated carbocycles. The number of nitrogens with zero attached hydrogens (tertiary/aromatic N) is 3. The average molecular weight is 371 g/mol. The van der Waals surface area contributed by atoms with Crippen LogP contribution in [-0.2, 0) is 11.3 Å². The molecule has 1 spiro atoms. The van der Waals surface area contributed by atoms with Crippen LogP contribution in [0, 0.1) is 6.92 Å². The summed E-state index contributed by atoms with van der Waals surface area (Å²) in [6.45, 7) is 7.78. The second-order valence-electron chi connectivity index (χ2n) is 7.72. The van der Waals surface area contributed by atoms with Crippen molar-refractivity contribution >= 4 is 0 Å². The van der Waals surface area contributed by atoms with E-state index in [-0.39, 0.29) is 5.54 Å². The number of aromatic nitrogens is 1. The van der Waals surface area contributed by atoms with Crippen molar-refractivity contribution in [1.29, 1.82) is 0 Å². The summed E-state index contributed by atoms with van der Waals surface area (Å²) in [7, 11) is 3.93. The third-order valence-electron chi connectivity index (χ3n) is 6.11. The lowest BCUT2D eigenvalue weighted by atomic mass is 9.86. The highest BCUT2D eigenvalue weighted by Gasteiger charge is 2.41. The van der Waals surface area contributed by atoms with Crippen LogP contribution in [0.1, 0.15) is 24.3 Å². The summed E-state index contributed by atoms with van der Waals surface area (Å²) < 4.78 is 16.8. The van der Waals surface area contributed by atoms with Crippen molar-refractivity contribution in [3.8, 4) is 17.2 Å². The van der Waals surface area contributed by atoms with Crippen molar-refractivity contribution in [3.63, 3.8) is 0 Å². The van der Waals surface area contributed by atoms with E-state index in [4.69, 9.17) is 18.9 Å². The van der Waals surface area contributed by atoms with Crippen molar-refractivity contribution in [2.24, 2.45) is 0 Å². The van der Waals surface area contributed by atoms with E-state index in [2.05, 4.69) is 16.8 Å². The van der Waals surface area contributed by atoms with Gasteiger partial charge in [-0.05, 0) is 51.1 Å². The molecule has 6 nitrogen and oxygen atoms in total. The third-order valence-corrected chi connectivity index (χ3v) is 6.11. The Hall–Kier alpha value is -1.89. The van der Waals surface area contributed by atoms with E-state index in [0.29, 0.717) is 5.89 Å². The van der Waals surface area contributed by atoms with E-state index in [9.17, 15) is 0 Å². The largest absolute Gasteiger partial charge is 0.497 e. The molecule has 0 bridgehead atoms. The lowest BCUT2D eigenvalue weighted by Crippen LogP contribution is -2.62. The highest BCUT2D eigenvalue weighted by Crippen LogP contribution is 2.32. The van der Waals surface area contributed by atoms with Gasteiger partial charge in [0.05, 0.1) is 12.8 Å². The van der Waals surface area contributed by atoms with Gasteiger partial charge < -0.3 is 13.9 Å². The van der Waals surface area contributed by atoms with E-state index < -0.39 is 0 Å². The van der Waals surface area contributed by atoms with Crippen molar-refractivity contribution in [3.05, 3.63) is 35.7 Å². The molecular weight excluding hydrogens is 342 g/mol. The number of benzene rings is 1. The molecule has 27 heavy (non-hydrogen) atoms. The van der Waals surface area contributed by atoms with E-state index >= 15 is 0 Å². The van der Waals surface area contributed by atoms with Gasteiger partial charge in [-0.25, -0.2) is 4.98 Å². The summed E-state index contributed by atoms with van der Waals surface area (Å²) in [4.78, 5) is 9.85. The summed E-state index contributed by atoms with van der Waals surface area (Å²) in [6, 6.07) is 7.84. The van der Waals surface area contributed by atoms with Gasteiger partial charge in [-0.1, -0.05) is 0 Å². The van der Waals surface area contributed by atoms with Gasteiger partial charge in [0, 0.05) is 50.5 Å². The first-order valence-corrected chi connectivity index (χ1v) is 9.72. The van der Waals surface area contributed by atoms with Gasteiger partial charge >= 0.3 is 0 Å². The Morgan fingerprint density at radius 1 is 1.15 bits per heavy atom. The maximum absolute atomic E-state index is 5.96. The lowest BCUT2D eigenvalue weighted by Gasteiger charge is -2.51. The Labute approximate surface area is 161 Å². The number of rotatable bonds is 4. The fraction of sp³-hybridized carbons (Fsp3) is 0.571. The van der Waals surface area contributed by atoms with E-state index in [1.807, 2.05) is 31.2 Å². The van der Waals surface area contributed by atoms with Crippen LogP contribution < -0.4 is 4.74 Å². The van der Waals surface area contributed by atoms with Gasteiger partial charge in [-0.2, -0.15) is 0 Å². The summed E-state index contributed by atoms with van der Waals surface area (Å²) in [5.41, 5.74) is 2.25.